The second-order valence-corrected chi connectivity index (χ2v) is 0. The zero-order valence-electron chi connectivity index (χ0n) is 2.11. The molecule has 0 N–H and O–H groups in total. The third-order valence-electron chi connectivity index (χ3n) is 0. The summed E-state index contributed by atoms with van der Waals surface area (Å²) < 4.78 is 0. The minimum Gasteiger partial charge on any atom is -1.00 e. The second kappa shape index (κ2) is 36.9. The molecule has 0 aliphatic carbocycles. The molecule has 0 rings (SSSR count). The summed E-state index contributed by atoms with van der Waals surface area (Å²) in [5, 5.41) is 0. The topological polar surface area (TPSA) is 0 Å². The van der Waals surface area contributed by atoms with Gasteiger partial charge in [-0.15, -0.1) is 0 Å². The summed E-state index contributed by atoms with van der Waals surface area (Å²) in [6, 6.07) is 0. The molecule has 0 saturated carbocycles. The average Bonchev–Trinajstić information content (AvgIpc) is 0. The molecule has 0 fully saturated rings. The van der Waals surface area contributed by atoms with E-state index >= 15 is 0 Å². The molecule has 0 aromatic heterocycles. The molecule has 0 bridgehead atoms. The number of hydrogen-bond acceptors (Lipinski definition) is 0. The molecule has 0 nitrogen and oxygen atoms in total. The largest absolute Gasteiger partial charge is 2.00 e. The zero-order valence-corrected chi connectivity index (χ0v) is 3.21. The Balaban J connectivity index is 0. The molecule has 0 heterocycles. The third-order valence-corrected chi connectivity index (χ3v) is 0. The number of hydrogen-bond donors (Lipinski definition) is 0. The van der Waals surface area contributed by atoms with Gasteiger partial charge in [-0.25, -0.2) is 0 Å². The van der Waals surface area contributed by atoms with Crippen LogP contribution >= 0.6 is 0 Å². The van der Waals surface area contributed by atoms with Crippen molar-refractivity contribution < 1.29 is 45.3 Å². The summed E-state index contributed by atoms with van der Waals surface area (Å²) in [6.07, 6.45) is 0. The Hall–Kier alpha value is 0.977. The van der Waals surface area contributed by atoms with Crippen LogP contribution in [0.5, 0.6) is 0 Å². The van der Waals surface area contributed by atoms with Gasteiger partial charge in [-0.1, -0.05) is 0 Å². The van der Waals surface area contributed by atoms with E-state index in [0.29, 0.717) is 0 Å². The molecule has 4 heavy (non-hydrogen) atoms. The first kappa shape index (κ1) is 82.5. The van der Waals surface area contributed by atoms with Gasteiger partial charge in [0.2, 0.25) is 0 Å². The van der Waals surface area contributed by atoms with E-state index in [1.807, 2.05) is 0 Å². The predicted octanol–water partition coefficient (Wildman–Crippen LogP) is -8.99. The van der Waals surface area contributed by atoms with Gasteiger partial charge < -0.3 is 9.41 Å². The van der Waals surface area contributed by atoms with Gasteiger partial charge in [-0.05, 0) is 0 Å². The van der Waals surface area contributed by atoms with Crippen molar-refractivity contribution in [3.8, 4) is 0 Å². The molecular weight excluding hydrogens is 101 g/mol. The number of halogens is 2. The van der Waals surface area contributed by atoms with E-state index in [1.165, 1.54) is 0 Å². The van der Waals surface area contributed by atoms with Crippen molar-refractivity contribution >= 4 is 0 Å². The molecule has 0 aromatic carbocycles. The maximum atomic E-state index is 0. The monoisotopic (exact) mass is 101 g/mol. The predicted molar refractivity (Wildman–Crippen MR) is 0 cm³/mol. The van der Waals surface area contributed by atoms with E-state index in [1.54, 1.807) is 0 Å². The SMILES string of the molecule is [F-].[F-].[Fe+2].[Li+]. The van der Waals surface area contributed by atoms with E-state index in [2.05, 4.69) is 0 Å². The van der Waals surface area contributed by atoms with E-state index < -0.39 is 0 Å². The Kier molecular flexibility index (Phi) is 762. The van der Waals surface area contributed by atoms with Crippen molar-refractivity contribution in [2.75, 3.05) is 0 Å². The molecule has 0 amide bonds. The Morgan fingerprint density at radius 2 is 0.750 bits per heavy atom. The molecule has 0 unspecified atom stereocenters. The summed E-state index contributed by atoms with van der Waals surface area (Å²) in [4.78, 5) is 0. The van der Waals surface area contributed by atoms with Gasteiger partial charge in [0.15, 0.2) is 0 Å². The van der Waals surface area contributed by atoms with Crippen LogP contribution in [0.25, 0.3) is 0 Å². The van der Waals surface area contributed by atoms with Gasteiger partial charge in [0.1, 0.15) is 0 Å². The summed E-state index contributed by atoms with van der Waals surface area (Å²) >= 11 is 0. The fraction of sp³-hybridized carbons (Fsp3) is 0. The number of rotatable bonds is 0. The van der Waals surface area contributed by atoms with Gasteiger partial charge in [0.25, 0.3) is 0 Å². The Bertz CT molecular complexity index is 6.00. The van der Waals surface area contributed by atoms with Gasteiger partial charge >= 0.3 is 35.9 Å². The summed E-state index contributed by atoms with van der Waals surface area (Å²) in [6.45, 7) is 0. The van der Waals surface area contributed by atoms with Crippen LogP contribution in [0.2, 0.25) is 0 Å². The van der Waals surface area contributed by atoms with Crippen molar-refractivity contribution in [2.45, 2.75) is 0 Å². The van der Waals surface area contributed by atoms with Crippen LogP contribution in [0.4, 0.5) is 0 Å². The Morgan fingerprint density at radius 3 is 0.750 bits per heavy atom. The molecule has 0 radical (unpaired) electrons. The van der Waals surface area contributed by atoms with Crippen LogP contribution in [0.3, 0.4) is 0 Å². The fourth-order valence-corrected chi connectivity index (χ4v) is 0. The first-order valence-electron chi connectivity index (χ1n) is 0. The normalized spacial score (nSPS) is 0. The zero-order chi connectivity index (χ0) is 0. The molecule has 4 heteroatoms. The fourth-order valence-electron chi connectivity index (χ4n) is 0. The summed E-state index contributed by atoms with van der Waals surface area (Å²) in [5.74, 6) is 0. The molecule has 0 saturated heterocycles. The maximum Gasteiger partial charge on any atom is 2.00 e. The van der Waals surface area contributed by atoms with Crippen LogP contribution in [0, 0.1) is 0 Å². The minimum absolute atomic E-state index is 0. The van der Waals surface area contributed by atoms with Gasteiger partial charge in [-0.2, -0.15) is 0 Å². The molecule has 0 atom stereocenters. The standard InChI is InChI=1S/2FH.Fe.Li/h2*1H;;/q;;+2;+1/p-2. The minimum atomic E-state index is 0. The molecular formula is F2FeLi+. The molecule has 0 aliphatic heterocycles. The molecule has 22 valence electrons. The van der Waals surface area contributed by atoms with Crippen LogP contribution in [0.1, 0.15) is 0 Å². The van der Waals surface area contributed by atoms with Crippen molar-refractivity contribution in [1.82, 2.24) is 0 Å². The molecule has 0 aliphatic rings. The van der Waals surface area contributed by atoms with Crippen molar-refractivity contribution in [3.05, 3.63) is 0 Å². The Labute approximate surface area is 45.7 Å². The van der Waals surface area contributed by atoms with Crippen LogP contribution in [0.15, 0.2) is 0 Å². The Morgan fingerprint density at radius 1 is 0.750 bits per heavy atom. The van der Waals surface area contributed by atoms with E-state index in [0.717, 1.165) is 0 Å². The van der Waals surface area contributed by atoms with Crippen LogP contribution < -0.4 is 28.3 Å². The quantitative estimate of drug-likeness (QED) is 0.266. The third kappa shape index (κ3) is 12.2. The first-order valence-corrected chi connectivity index (χ1v) is 0. The summed E-state index contributed by atoms with van der Waals surface area (Å²) in [5.41, 5.74) is 0. The van der Waals surface area contributed by atoms with Crippen molar-refractivity contribution in [1.29, 1.82) is 0 Å². The van der Waals surface area contributed by atoms with Crippen LogP contribution in [-0.2, 0) is 17.1 Å². The maximum absolute atomic E-state index is 0. The molecule has 0 aromatic rings. The van der Waals surface area contributed by atoms with E-state index in [9.17, 15) is 0 Å². The summed E-state index contributed by atoms with van der Waals surface area (Å²) in [7, 11) is 0. The van der Waals surface area contributed by atoms with Crippen molar-refractivity contribution in [2.24, 2.45) is 0 Å². The van der Waals surface area contributed by atoms with Crippen molar-refractivity contribution in [3.63, 3.8) is 0 Å². The smallest absolute Gasteiger partial charge is 1.00 e. The second-order valence-electron chi connectivity index (χ2n) is 0. The average molecular weight is 101 g/mol. The van der Waals surface area contributed by atoms with Gasteiger partial charge in [0.05, 0.1) is 0 Å². The van der Waals surface area contributed by atoms with E-state index in [-0.39, 0.29) is 45.3 Å². The molecule has 0 spiro atoms. The van der Waals surface area contributed by atoms with Gasteiger partial charge in [-0.3, -0.25) is 0 Å². The first-order chi connectivity index (χ1) is 0. The van der Waals surface area contributed by atoms with Gasteiger partial charge in [0, 0.05) is 0 Å². The van der Waals surface area contributed by atoms with E-state index in [4.69, 9.17) is 0 Å². The van der Waals surface area contributed by atoms with Crippen LogP contribution in [-0.4, -0.2) is 0 Å².